The molecule has 0 fully saturated rings. The lowest BCUT2D eigenvalue weighted by atomic mass is 10.2. The van der Waals surface area contributed by atoms with Gasteiger partial charge in [0, 0.05) is 24.7 Å². The van der Waals surface area contributed by atoms with Crippen LogP contribution in [0.3, 0.4) is 0 Å². The minimum atomic E-state index is -0.690. The predicted octanol–water partition coefficient (Wildman–Crippen LogP) is 2.72. The average Bonchev–Trinajstić information content (AvgIpc) is 2.47. The zero-order chi connectivity index (χ0) is 15.2. The Bertz CT molecular complexity index is 647. The summed E-state index contributed by atoms with van der Waals surface area (Å²) in [4.78, 5) is 16.1. The molecule has 1 heterocycles. The van der Waals surface area contributed by atoms with E-state index in [4.69, 9.17) is 0 Å². The maximum atomic E-state index is 13.5. The first-order valence-corrected chi connectivity index (χ1v) is 6.53. The number of amides is 1. The van der Waals surface area contributed by atoms with Gasteiger partial charge in [-0.15, -0.1) is 0 Å². The maximum absolute atomic E-state index is 13.5. The van der Waals surface area contributed by atoms with Crippen LogP contribution >= 0.6 is 0 Å². The van der Waals surface area contributed by atoms with Gasteiger partial charge in [-0.2, -0.15) is 0 Å². The third-order valence-corrected chi connectivity index (χ3v) is 2.79. The first-order chi connectivity index (χ1) is 10.1. The number of carbonyl (C=O) groups is 1. The van der Waals surface area contributed by atoms with E-state index >= 15 is 0 Å². The summed E-state index contributed by atoms with van der Waals surface area (Å²) in [7, 11) is 0. The largest absolute Gasteiger partial charge is 0.370 e. The molecular formula is C15H15F2N3O. The molecule has 4 nitrogen and oxygen atoms in total. The second-order valence-corrected chi connectivity index (χ2v) is 4.36. The van der Waals surface area contributed by atoms with Crippen LogP contribution in [0.2, 0.25) is 0 Å². The van der Waals surface area contributed by atoms with Crippen molar-refractivity contribution >= 4 is 11.7 Å². The van der Waals surface area contributed by atoms with Crippen LogP contribution in [0, 0.1) is 11.6 Å². The number of anilines is 1. The fourth-order valence-corrected chi connectivity index (χ4v) is 1.77. The van der Waals surface area contributed by atoms with Gasteiger partial charge in [0.1, 0.15) is 23.1 Å². The van der Waals surface area contributed by atoms with E-state index in [1.807, 2.05) is 6.92 Å². The summed E-state index contributed by atoms with van der Waals surface area (Å²) in [6, 6.07) is 8.25. The van der Waals surface area contributed by atoms with Crippen molar-refractivity contribution in [3.05, 3.63) is 59.3 Å². The molecule has 0 bridgehead atoms. The van der Waals surface area contributed by atoms with E-state index in [-0.39, 0.29) is 17.8 Å². The van der Waals surface area contributed by atoms with E-state index in [0.29, 0.717) is 12.4 Å². The van der Waals surface area contributed by atoms with E-state index in [1.165, 1.54) is 6.07 Å². The smallest absolute Gasteiger partial charge is 0.270 e. The van der Waals surface area contributed by atoms with Crippen LogP contribution in [-0.2, 0) is 6.54 Å². The number of hydrogen-bond donors (Lipinski definition) is 2. The first kappa shape index (κ1) is 14.9. The van der Waals surface area contributed by atoms with Crippen LogP contribution in [0.5, 0.6) is 0 Å². The van der Waals surface area contributed by atoms with Crippen molar-refractivity contribution in [3.63, 3.8) is 0 Å². The summed E-state index contributed by atoms with van der Waals surface area (Å²) >= 11 is 0. The topological polar surface area (TPSA) is 54.0 Å². The van der Waals surface area contributed by atoms with Gasteiger partial charge >= 0.3 is 0 Å². The molecule has 0 saturated carbocycles. The molecule has 0 aliphatic heterocycles. The van der Waals surface area contributed by atoms with Gasteiger partial charge in [-0.25, -0.2) is 13.8 Å². The van der Waals surface area contributed by atoms with Crippen molar-refractivity contribution in [2.45, 2.75) is 13.5 Å². The van der Waals surface area contributed by atoms with Crippen molar-refractivity contribution in [2.75, 3.05) is 11.9 Å². The first-order valence-electron chi connectivity index (χ1n) is 6.53. The normalized spacial score (nSPS) is 10.2. The van der Waals surface area contributed by atoms with Crippen LogP contribution in [-0.4, -0.2) is 17.4 Å². The van der Waals surface area contributed by atoms with Gasteiger partial charge < -0.3 is 10.6 Å². The molecule has 0 aliphatic rings. The molecule has 0 spiro atoms. The van der Waals surface area contributed by atoms with Crippen LogP contribution in [0.1, 0.15) is 23.0 Å². The lowest BCUT2D eigenvalue weighted by Crippen LogP contribution is -2.24. The molecule has 0 unspecified atom stereocenters. The van der Waals surface area contributed by atoms with Crippen molar-refractivity contribution in [3.8, 4) is 0 Å². The second kappa shape index (κ2) is 6.78. The standard InChI is InChI=1S/C15H15F2N3O/c1-2-18-14-5-3-4-13(20-14)15(21)19-9-10-6-7-11(16)8-12(10)17/h3-8H,2,9H2,1H3,(H,18,20)(H,19,21). The molecule has 0 radical (unpaired) electrons. The highest BCUT2D eigenvalue weighted by molar-refractivity contribution is 5.92. The minimum Gasteiger partial charge on any atom is -0.370 e. The third kappa shape index (κ3) is 3.98. The number of carbonyl (C=O) groups excluding carboxylic acids is 1. The highest BCUT2D eigenvalue weighted by Gasteiger charge is 2.09. The van der Waals surface area contributed by atoms with E-state index in [0.717, 1.165) is 12.1 Å². The van der Waals surface area contributed by atoms with Crippen LogP contribution in [0.4, 0.5) is 14.6 Å². The number of benzene rings is 1. The Morgan fingerprint density at radius 3 is 2.76 bits per heavy atom. The van der Waals surface area contributed by atoms with Gasteiger partial charge in [0.25, 0.3) is 5.91 Å². The average molecular weight is 291 g/mol. The molecule has 6 heteroatoms. The number of hydrogen-bond acceptors (Lipinski definition) is 3. The molecule has 2 N–H and O–H groups in total. The zero-order valence-corrected chi connectivity index (χ0v) is 11.5. The Morgan fingerprint density at radius 2 is 2.05 bits per heavy atom. The summed E-state index contributed by atoms with van der Waals surface area (Å²) in [5.41, 5.74) is 0.448. The third-order valence-electron chi connectivity index (χ3n) is 2.79. The summed E-state index contributed by atoms with van der Waals surface area (Å²) < 4.78 is 26.2. The Hall–Kier alpha value is -2.50. The molecule has 21 heavy (non-hydrogen) atoms. The van der Waals surface area contributed by atoms with Crippen molar-refractivity contribution < 1.29 is 13.6 Å². The molecule has 1 amide bonds. The molecule has 1 aromatic heterocycles. The van der Waals surface area contributed by atoms with Crippen LogP contribution in [0.15, 0.2) is 36.4 Å². The van der Waals surface area contributed by atoms with Gasteiger partial charge in [-0.1, -0.05) is 12.1 Å². The summed E-state index contributed by atoms with van der Waals surface area (Å²) in [6.45, 7) is 2.59. The van der Waals surface area contributed by atoms with Crippen LogP contribution < -0.4 is 10.6 Å². The Labute approximate surface area is 121 Å². The van der Waals surface area contributed by atoms with Gasteiger partial charge in [-0.05, 0) is 25.1 Å². The number of aromatic nitrogens is 1. The fraction of sp³-hybridized carbons (Fsp3) is 0.200. The quantitative estimate of drug-likeness (QED) is 0.890. The van der Waals surface area contributed by atoms with Crippen LogP contribution in [0.25, 0.3) is 0 Å². The van der Waals surface area contributed by atoms with Crippen molar-refractivity contribution in [2.24, 2.45) is 0 Å². The Balaban J connectivity index is 2.02. The molecule has 0 aliphatic carbocycles. The molecular weight excluding hydrogens is 276 g/mol. The van der Waals surface area contributed by atoms with Crippen molar-refractivity contribution in [1.29, 1.82) is 0 Å². The Kier molecular flexibility index (Phi) is 4.81. The maximum Gasteiger partial charge on any atom is 0.270 e. The van der Waals surface area contributed by atoms with Gasteiger partial charge in [-0.3, -0.25) is 4.79 Å². The fourth-order valence-electron chi connectivity index (χ4n) is 1.77. The number of pyridine rings is 1. The highest BCUT2D eigenvalue weighted by atomic mass is 19.1. The van der Waals surface area contributed by atoms with Gasteiger partial charge in [0.05, 0.1) is 0 Å². The number of nitrogens with one attached hydrogen (secondary N) is 2. The predicted molar refractivity (Wildman–Crippen MR) is 75.9 cm³/mol. The molecule has 110 valence electrons. The number of nitrogens with zero attached hydrogens (tertiary/aromatic N) is 1. The van der Waals surface area contributed by atoms with E-state index in [1.54, 1.807) is 18.2 Å². The number of halogens is 2. The molecule has 1 aromatic carbocycles. The molecule has 2 aromatic rings. The number of rotatable bonds is 5. The van der Waals surface area contributed by atoms with E-state index in [2.05, 4.69) is 15.6 Å². The highest BCUT2D eigenvalue weighted by Crippen LogP contribution is 2.10. The SMILES string of the molecule is CCNc1cccc(C(=O)NCc2ccc(F)cc2F)n1. The van der Waals surface area contributed by atoms with Crippen molar-refractivity contribution in [1.82, 2.24) is 10.3 Å². The van der Waals surface area contributed by atoms with E-state index in [9.17, 15) is 13.6 Å². The summed E-state index contributed by atoms with van der Waals surface area (Å²) in [5, 5.41) is 5.55. The lowest BCUT2D eigenvalue weighted by Gasteiger charge is -2.07. The molecule has 0 saturated heterocycles. The Morgan fingerprint density at radius 1 is 1.24 bits per heavy atom. The zero-order valence-electron chi connectivity index (χ0n) is 11.5. The second-order valence-electron chi connectivity index (χ2n) is 4.36. The summed E-state index contributed by atoms with van der Waals surface area (Å²) in [5.74, 6) is -1.16. The molecule has 2 rings (SSSR count). The molecule has 0 atom stereocenters. The van der Waals surface area contributed by atoms with Gasteiger partial charge in [0.15, 0.2) is 0 Å². The minimum absolute atomic E-state index is 0.0297. The van der Waals surface area contributed by atoms with Gasteiger partial charge in [0.2, 0.25) is 0 Å². The lowest BCUT2D eigenvalue weighted by molar-refractivity contribution is 0.0945. The van der Waals surface area contributed by atoms with E-state index < -0.39 is 17.5 Å². The monoisotopic (exact) mass is 291 g/mol. The summed E-state index contributed by atoms with van der Waals surface area (Å²) in [6.07, 6.45) is 0.